The first kappa shape index (κ1) is 13.2. The minimum atomic E-state index is 0.527. The van der Waals surface area contributed by atoms with E-state index in [-0.39, 0.29) is 0 Å². The first-order valence-corrected chi connectivity index (χ1v) is 4.73. The van der Waals surface area contributed by atoms with E-state index in [0.717, 1.165) is 12.0 Å². The van der Waals surface area contributed by atoms with Crippen LogP contribution in [-0.2, 0) is 4.79 Å². The van der Waals surface area contributed by atoms with Gasteiger partial charge in [-0.2, -0.15) is 0 Å². The average molecular weight is 203 g/mol. The minimum Gasteiger partial charge on any atom is -0.318 e. The van der Waals surface area contributed by atoms with Crippen LogP contribution in [0.5, 0.6) is 0 Å². The Balaban J connectivity index is 4.58. The summed E-state index contributed by atoms with van der Waals surface area (Å²) in [5, 5.41) is 0. The van der Waals surface area contributed by atoms with Gasteiger partial charge < -0.3 is 4.90 Å². The van der Waals surface area contributed by atoms with E-state index in [1.54, 1.807) is 6.08 Å². The zero-order chi connectivity index (χ0) is 11.5. The van der Waals surface area contributed by atoms with Crippen LogP contribution in [0.25, 0.3) is 0 Å². The highest BCUT2D eigenvalue weighted by Crippen LogP contribution is 2.01. The van der Waals surface area contributed by atoms with Crippen molar-refractivity contribution < 1.29 is 4.79 Å². The van der Waals surface area contributed by atoms with E-state index < -0.39 is 0 Å². The summed E-state index contributed by atoms with van der Waals surface area (Å²) in [6.07, 6.45) is 13.5. The molecule has 0 atom stereocenters. The largest absolute Gasteiger partial charge is 0.318 e. The summed E-state index contributed by atoms with van der Waals surface area (Å²) >= 11 is 0. The van der Waals surface area contributed by atoms with Crippen LogP contribution in [0.15, 0.2) is 61.4 Å². The molecule has 0 radical (unpaired) electrons. The van der Waals surface area contributed by atoms with Gasteiger partial charge in [0, 0.05) is 6.54 Å². The van der Waals surface area contributed by atoms with Crippen LogP contribution in [-0.4, -0.2) is 17.9 Å². The van der Waals surface area contributed by atoms with E-state index in [2.05, 4.69) is 13.2 Å². The van der Waals surface area contributed by atoms with Gasteiger partial charge in [0.2, 0.25) is 6.41 Å². The van der Waals surface area contributed by atoms with Crippen molar-refractivity contribution in [1.82, 2.24) is 4.90 Å². The molecule has 0 aliphatic carbocycles. The molecule has 0 aromatic heterocycles. The Morgan fingerprint density at radius 3 is 2.53 bits per heavy atom. The molecule has 0 aromatic carbocycles. The second-order valence-corrected chi connectivity index (χ2v) is 2.82. The Morgan fingerprint density at radius 2 is 2.07 bits per heavy atom. The fourth-order valence-electron chi connectivity index (χ4n) is 0.988. The smallest absolute Gasteiger partial charge is 0.213 e. The van der Waals surface area contributed by atoms with Crippen molar-refractivity contribution in [3.8, 4) is 0 Å². The zero-order valence-corrected chi connectivity index (χ0v) is 9.10. The molecule has 2 heteroatoms. The predicted octanol–water partition coefficient (Wildman–Crippen LogP) is 2.83. The van der Waals surface area contributed by atoms with E-state index >= 15 is 0 Å². The number of carbonyl (C=O) groups excluding carboxylic acids is 1. The second kappa shape index (κ2) is 8.75. The molecule has 2 nitrogen and oxygen atoms in total. The maximum absolute atomic E-state index is 10.6. The maximum Gasteiger partial charge on any atom is 0.213 e. The summed E-state index contributed by atoms with van der Waals surface area (Å²) in [6.45, 7) is 9.59. The number of amides is 1. The average Bonchev–Trinajstić information content (AvgIpc) is 2.26. The number of nitrogens with zero attached hydrogens (tertiary/aromatic N) is 1. The molecule has 15 heavy (non-hydrogen) atoms. The van der Waals surface area contributed by atoms with Crippen LogP contribution in [0.3, 0.4) is 0 Å². The number of hydrogen-bond acceptors (Lipinski definition) is 1. The topological polar surface area (TPSA) is 20.3 Å². The Labute approximate surface area is 91.6 Å². The summed E-state index contributed by atoms with van der Waals surface area (Å²) < 4.78 is 0. The summed E-state index contributed by atoms with van der Waals surface area (Å²) in [5.74, 6) is 0. The lowest BCUT2D eigenvalue weighted by molar-refractivity contribution is -0.115. The van der Waals surface area contributed by atoms with Gasteiger partial charge in [0.25, 0.3) is 0 Å². The Bertz CT molecular complexity index is 290. The monoisotopic (exact) mass is 203 g/mol. The van der Waals surface area contributed by atoms with Gasteiger partial charge in [-0.05, 0) is 18.7 Å². The quantitative estimate of drug-likeness (QED) is 0.460. The summed E-state index contributed by atoms with van der Waals surface area (Å²) in [6, 6.07) is 0. The molecule has 0 aliphatic heterocycles. The van der Waals surface area contributed by atoms with E-state index in [4.69, 9.17) is 0 Å². The van der Waals surface area contributed by atoms with Gasteiger partial charge in [-0.15, -0.1) is 0 Å². The number of rotatable bonds is 7. The lowest BCUT2D eigenvalue weighted by atomic mass is 10.2. The van der Waals surface area contributed by atoms with Gasteiger partial charge in [0.1, 0.15) is 0 Å². The molecule has 0 rings (SSSR count). The predicted molar refractivity (Wildman–Crippen MR) is 65.2 cm³/mol. The van der Waals surface area contributed by atoms with Crippen LogP contribution in [0.2, 0.25) is 0 Å². The molecule has 0 saturated carbocycles. The second-order valence-electron chi connectivity index (χ2n) is 2.82. The SMILES string of the molecule is C=C/C=C/C=C(\C=C/C)CN(C=C)C=O. The standard InChI is InChI=1S/C13H17NO/c1-4-7-8-10-13(9-5-2)11-14(6-3)12-15/h4-10,12H,1,3,11H2,2H3/b8-7+,9-5-,13-10+. The van der Waals surface area contributed by atoms with Crippen LogP contribution in [0.1, 0.15) is 6.92 Å². The van der Waals surface area contributed by atoms with E-state index in [9.17, 15) is 4.79 Å². The fraction of sp³-hybridized carbons (Fsp3) is 0.154. The normalized spacial score (nSPS) is 11.9. The van der Waals surface area contributed by atoms with Crippen molar-refractivity contribution in [2.45, 2.75) is 6.92 Å². The fourth-order valence-corrected chi connectivity index (χ4v) is 0.988. The molecule has 0 fully saturated rings. The van der Waals surface area contributed by atoms with Gasteiger partial charge in [-0.3, -0.25) is 4.79 Å². The zero-order valence-electron chi connectivity index (χ0n) is 9.10. The lowest BCUT2D eigenvalue weighted by Crippen LogP contribution is -2.16. The Hall–Kier alpha value is -1.83. The third kappa shape index (κ3) is 6.27. The van der Waals surface area contributed by atoms with Gasteiger partial charge in [0.15, 0.2) is 0 Å². The highest BCUT2D eigenvalue weighted by molar-refractivity contribution is 5.50. The van der Waals surface area contributed by atoms with E-state index in [0.29, 0.717) is 6.54 Å². The van der Waals surface area contributed by atoms with Gasteiger partial charge >= 0.3 is 0 Å². The third-order valence-corrected chi connectivity index (χ3v) is 1.67. The van der Waals surface area contributed by atoms with Crippen molar-refractivity contribution in [2.75, 3.05) is 6.54 Å². The first-order chi connectivity index (χ1) is 7.28. The molecule has 0 unspecified atom stereocenters. The first-order valence-electron chi connectivity index (χ1n) is 4.73. The molecule has 80 valence electrons. The van der Waals surface area contributed by atoms with Crippen LogP contribution in [0.4, 0.5) is 0 Å². The summed E-state index contributed by atoms with van der Waals surface area (Å²) in [4.78, 5) is 12.1. The molecule has 0 aromatic rings. The van der Waals surface area contributed by atoms with E-state index in [1.807, 2.05) is 37.3 Å². The molecule has 0 N–H and O–H groups in total. The lowest BCUT2D eigenvalue weighted by Gasteiger charge is -2.11. The molecule has 0 saturated heterocycles. The molecule has 0 bridgehead atoms. The maximum atomic E-state index is 10.6. The van der Waals surface area contributed by atoms with Crippen molar-refractivity contribution >= 4 is 6.41 Å². The molecular weight excluding hydrogens is 186 g/mol. The molecule has 0 spiro atoms. The Morgan fingerprint density at radius 1 is 1.33 bits per heavy atom. The van der Waals surface area contributed by atoms with Gasteiger partial charge in [-0.25, -0.2) is 0 Å². The molecule has 1 amide bonds. The number of hydrogen-bond donors (Lipinski definition) is 0. The number of carbonyl (C=O) groups is 1. The number of allylic oxidation sites excluding steroid dienone is 5. The highest BCUT2D eigenvalue weighted by atomic mass is 16.1. The van der Waals surface area contributed by atoms with Crippen molar-refractivity contribution in [2.24, 2.45) is 0 Å². The van der Waals surface area contributed by atoms with Gasteiger partial charge in [0.05, 0.1) is 0 Å². The van der Waals surface area contributed by atoms with Crippen molar-refractivity contribution in [3.05, 3.63) is 61.4 Å². The summed E-state index contributed by atoms with van der Waals surface area (Å²) in [5.41, 5.74) is 1.03. The molecule has 0 aliphatic rings. The van der Waals surface area contributed by atoms with Crippen LogP contribution in [0, 0.1) is 0 Å². The Kier molecular flexibility index (Phi) is 7.69. The molecular formula is C13H17NO. The highest BCUT2D eigenvalue weighted by Gasteiger charge is 1.97. The van der Waals surface area contributed by atoms with Gasteiger partial charge in [-0.1, -0.05) is 49.6 Å². The van der Waals surface area contributed by atoms with Crippen molar-refractivity contribution in [3.63, 3.8) is 0 Å². The third-order valence-electron chi connectivity index (χ3n) is 1.67. The summed E-state index contributed by atoms with van der Waals surface area (Å²) in [7, 11) is 0. The van der Waals surface area contributed by atoms with Crippen LogP contribution >= 0.6 is 0 Å². The van der Waals surface area contributed by atoms with E-state index in [1.165, 1.54) is 11.1 Å². The van der Waals surface area contributed by atoms with Crippen LogP contribution < -0.4 is 0 Å². The molecule has 0 heterocycles. The van der Waals surface area contributed by atoms with Crippen molar-refractivity contribution in [1.29, 1.82) is 0 Å². The minimum absolute atomic E-state index is 0.527.